The minimum atomic E-state index is -1.54. The summed E-state index contributed by atoms with van der Waals surface area (Å²) in [6.07, 6.45) is -10.5. The molecule has 0 aromatic rings. The van der Waals surface area contributed by atoms with Crippen LogP contribution in [0.25, 0.3) is 0 Å². The first-order valence-electron chi connectivity index (χ1n) is 14.2. The summed E-state index contributed by atoms with van der Waals surface area (Å²) >= 11 is 0. The van der Waals surface area contributed by atoms with E-state index in [4.69, 9.17) is 41.9 Å². The molecule has 3 aliphatic heterocycles. The van der Waals surface area contributed by atoms with E-state index in [1.165, 1.54) is 0 Å². The zero-order valence-electron chi connectivity index (χ0n) is 22.9. The van der Waals surface area contributed by atoms with Gasteiger partial charge in [-0.2, -0.15) is 0 Å². The van der Waals surface area contributed by atoms with Crippen LogP contribution in [0.2, 0.25) is 0 Å². The lowest BCUT2D eigenvalue weighted by molar-refractivity contribution is -0.314. The summed E-state index contributed by atoms with van der Waals surface area (Å²) in [7, 11) is 0. The lowest BCUT2D eigenvalue weighted by Crippen LogP contribution is -2.69. The van der Waals surface area contributed by atoms with Crippen molar-refractivity contribution in [1.29, 1.82) is 0 Å². The van der Waals surface area contributed by atoms with E-state index in [1.54, 1.807) is 0 Å². The Balaban J connectivity index is 1.54. The molecule has 0 aromatic heterocycles. The molecule has 0 aromatic carbocycles. The van der Waals surface area contributed by atoms with E-state index in [2.05, 4.69) is 16.0 Å². The van der Waals surface area contributed by atoms with Crippen molar-refractivity contribution in [2.24, 2.45) is 22.9 Å². The van der Waals surface area contributed by atoms with E-state index in [-0.39, 0.29) is 37.7 Å². The smallest absolute Gasteiger partial charge is 0.250 e. The van der Waals surface area contributed by atoms with Gasteiger partial charge in [-0.05, 0) is 19.3 Å². The number of carbonyl (C=O) groups is 1. The molecule has 41 heavy (non-hydrogen) atoms. The molecule has 17 heteroatoms. The standard InChI is InChI=1S/C24H47N7O10/c25-4-10-1-2-12(30-9-6-29-7-9)23(38-10)40-20-11(27)3-13(31-22(37)14(33)5-26)21(19(20)36)41-24-18(35)16(28)17(34)15(8-32)39-24/h9-21,23-24,29-30,32-36H,1-8,25-28H2,(H,31,37)/t10-,11-,12+,13+,14-,15+,16?,17+,18+,19-,20?,21-,23+,24+/m0/s1. The highest BCUT2D eigenvalue weighted by atomic mass is 16.7. The van der Waals surface area contributed by atoms with Crippen molar-refractivity contribution < 1.29 is 49.3 Å². The molecule has 1 aliphatic carbocycles. The summed E-state index contributed by atoms with van der Waals surface area (Å²) in [5.41, 5.74) is 23.7. The molecule has 3 heterocycles. The lowest BCUT2D eigenvalue weighted by Gasteiger charge is -2.49. The van der Waals surface area contributed by atoms with Crippen LogP contribution in [0.4, 0.5) is 0 Å². The van der Waals surface area contributed by atoms with Crippen molar-refractivity contribution in [2.75, 3.05) is 32.8 Å². The molecule has 0 bridgehead atoms. The summed E-state index contributed by atoms with van der Waals surface area (Å²) in [4.78, 5) is 12.5. The second-order valence-electron chi connectivity index (χ2n) is 11.3. The number of aliphatic hydroxyl groups excluding tert-OH is 5. The Bertz CT molecular complexity index is 845. The fourth-order valence-corrected chi connectivity index (χ4v) is 5.69. The summed E-state index contributed by atoms with van der Waals surface area (Å²) in [6, 6.07) is -2.98. The van der Waals surface area contributed by atoms with Gasteiger partial charge in [0.1, 0.15) is 42.7 Å². The van der Waals surface area contributed by atoms with E-state index >= 15 is 0 Å². The van der Waals surface area contributed by atoms with Gasteiger partial charge in [-0.15, -0.1) is 0 Å². The Morgan fingerprint density at radius 1 is 0.976 bits per heavy atom. The van der Waals surface area contributed by atoms with Gasteiger partial charge in [0.05, 0.1) is 30.8 Å². The zero-order valence-corrected chi connectivity index (χ0v) is 22.9. The number of amides is 1. The summed E-state index contributed by atoms with van der Waals surface area (Å²) < 4.78 is 24.0. The molecule has 2 unspecified atom stereocenters. The second-order valence-corrected chi connectivity index (χ2v) is 11.3. The molecule has 1 amide bonds. The van der Waals surface area contributed by atoms with Crippen LogP contribution in [0.15, 0.2) is 0 Å². The molecule has 4 rings (SSSR count). The normalized spacial score (nSPS) is 44.7. The van der Waals surface area contributed by atoms with Gasteiger partial charge < -0.3 is 83.4 Å². The van der Waals surface area contributed by atoms with E-state index in [0.717, 1.165) is 25.9 Å². The summed E-state index contributed by atoms with van der Waals surface area (Å²) in [5.74, 6) is -0.810. The van der Waals surface area contributed by atoms with Crippen LogP contribution < -0.4 is 38.9 Å². The van der Waals surface area contributed by atoms with Gasteiger partial charge in [0.15, 0.2) is 12.6 Å². The minimum absolute atomic E-state index is 0.0357. The molecule has 14 atom stereocenters. The number of rotatable bonds is 11. The first-order valence-corrected chi connectivity index (χ1v) is 14.2. The number of nitrogens with two attached hydrogens (primary N) is 4. The quantitative estimate of drug-likeness (QED) is 0.106. The first-order chi connectivity index (χ1) is 19.6. The summed E-state index contributed by atoms with van der Waals surface area (Å²) in [6.45, 7) is 0.939. The van der Waals surface area contributed by atoms with Crippen LogP contribution in [0.3, 0.4) is 0 Å². The van der Waals surface area contributed by atoms with Gasteiger partial charge in [0, 0.05) is 38.3 Å². The average Bonchev–Trinajstić information content (AvgIpc) is 2.94. The topological polar surface area (TPSA) is 295 Å². The van der Waals surface area contributed by atoms with Crippen molar-refractivity contribution in [3.63, 3.8) is 0 Å². The molecule has 238 valence electrons. The van der Waals surface area contributed by atoms with E-state index in [1.807, 2.05) is 0 Å². The monoisotopic (exact) mass is 593 g/mol. The molecule has 3 saturated heterocycles. The number of hydrogen-bond donors (Lipinski definition) is 12. The molecule has 0 radical (unpaired) electrons. The molecule has 4 aliphatic rings. The third-order valence-corrected chi connectivity index (χ3v) is 8.34. The number of aliphatic hydroxyl groups is 5. The Kier molecular flexibility index (Phi) is 11.6. The molecular weight excluding hydrogens is 546 g/mol. The third kappa shape index (κ3) is 7.51. The zero-order chi connectivity index (χ0) is 29.8. The van der Waals surface area contributed by atoms with E-state index < -0.39 is 85.9 Å². The maximum absolute atomic E-state index is 12.5. The van der Waals surface area contributed by atoms with Crippen LogP contribution in [0.5, 0.6) is 0 Å². The van der Waals surface area contributed by atoms with E-state index in [0.29, 0.717) is 0 Å². The van der Waals surface area contributed by atoms with Crippen LogP contribution >= 0.6 is 0 Å². The average molecular weight is 594 g/mol. The molecule has 17 nitrogen and oxygen atoms in total. The van der Waals surface area contributed by atoms with Crippen LogP contribution in [-0.2, 0) is 23.7 Å². The number of nitrogens with one attached hydrogen (secondary N) is 3. The third-order valence-electron chi connectivity index (χ3n) is 8.34. The molecular formula is C24H47N7O10. The Morgan fingerprint density at radius 2 is 1.68 bits per heavy atom. The van der Waals surface area contributed by atoms with Crippen molar-refractivity contribution in [3.05, 3.63) is 0 Å². The molecule has 4 fully saturated rings. The molecule has 16 N–H and O–H groups in total. The fourth-order valence-electron chi connectivity index (χ4n) is 5.69. The van der Waals surface area contributed by atoms with Gasteiger partial charge in [-0.3, -0.25) is 4.79 Å². The SMILES string of the molecule is NC[C@@H]1CC[C@@H](NC2CNC2)[C@@H](OC2[C@@H](N)C[C@@H](NC(=O)[C@@H](O)CN)[C@H](O[C@H]3O[C@H](CO)[C@@H](O)C(N)[C@H]3O)[C@H]2O)O1. The maximum atomic E-state index is 12.5. The van der Waals surface area contributed by atoms with Gasteiger partial charge in [-0.25, -0.2) is 0 Å². The van der Waals surface area contributed by atoms with Gasteiger partial charge in [-0.1, -0.05) is 0 Å². The predicted molar refractivity (Wildman–Crippen MR) is 142 cm³/mol. The van der Waals surface area contributed by atoms with Crippen LogP contribution in [-0.4, -0.2) is 156 Å². The summed E-state index contributed by atoms with van der Waals surface area (Å²) in [5, 5.41) is 61.3. The van der Waals surface area contributed by atoms with Crippen LogP contribution in [0, 0.1) is 0 Å². The predicted octanol–water partition coefficient (Wildman–Crippen LogP) is -7.19. The van der Waals surface area contributed by atoms with Gasteiger partial charge in [0.25, 0.3) is 0 Å². The Labute approximate surface area is 238 Å². The maximum Gasteiger partial charge on any atom is 0.250 e. The van der Waals surface area contributed by atoms with Gasteiger partial charge >= 0.3 is 0 Å². The van der Waals surface area contributed by atoms with Crippen LogP contribution in [0.1, 0.15) is 19.3 Å². The van der Waals surface area contributed by atoms with Gasteiger partial charge in [0.2, 0.25) is 5.91 Å². The number of carbonyl (C=O) groups excluding carboxylic acids is 1. The Hall–Kier alpha value is -1.13. The van der Waals surface area contributed by atoms with Crippen molar-refractivity contribution in [3.8, 4) is 0 Å². The number of hydrogen-bond acceptors (Lipinski definition) is 16. The number of ether oxygens (including phenoxy) is 4. The van der Waals surface area contributed by atoms with Crippen molar-refractivity contribution in [2.45, 2.75) is 111 Å². The Morgan fingerprint density at radius 3 is 2.29 bits per heavy atom. The lowest BCUT2D eigenvalue weighted by atomic mass is 9.83. The van der Waals surface area contributed by atoms with Crippen molar-refractivity contribution in [1.82, 2.24) is 16.0 Å². The second kappa shape index (κ2) is 14.6. The first kappa shape index (κ1) is 32.8. The highest BCUT2D eigenvalue weighted by Gasteiger charge is 2.51. The van der Waals surface area contributed by atoms with E-state index in [9.17, 15) is 30.3 Å². The van der Waals surface area contributed by atoms with Crippen molar-refractivity contribution >= 4 is 5.91 Å². The molecule has 0 spiro atoms. The highest BCUT2D eigenvalue weighted by molar-refractivity contribution is 5.81. The fraction of sp³-hybridized carbons (Fsp3) is 0.958. The largest absolute Gasteiger partial charge is 0.394 e. The molecule has 1 saturated carbocycles. The minimum Gasteiger partial charge on any atom is -0.394 e. The highest BCUT2D eigenvalue weighted by Crippen LogP contribution is 2.32.